The molecule has 156 valence electrons. The molecule has 0 aliphatic rings. The number of nitrogens with one attached hydrogen (secondary N) is 1. The highest BCUT2D eigenvalue weighted by Gasteiger charge is 2.12. The topological polar surface area (TPSA) is 94.3 Å². The SMILES string of the molecule is CC(C)Oc1c(Br)cc(Br)cc1/C=N\NC(=O)Cn1nnc(-c2ccccc2Cl)n1. The van der Waals surface area contributed by atoms with Gasteiger partial charge < -0.3 is 4.74 Å². The van der Waals surface area contributed by atoms with Crippen LogP contribution in [-0.2, 0) is 11.3 Å². The minimum absolute atomic E-state index is 0.0186. The first-order valence-electron chi connectivity index (χ1n) is 8.84. The van der Waals surface area contributed by atoms with Crippen LogP contribution in [0, 0.1) is 0 Å². The number of benzene rings is 2. The number of aromatic nitrogens is 4. The number of carbonyl (C=O) groups excluding carboxylic acids is 1. The van der Waals surface area contributed by atoms with Crippen LogP contribution in [0.25, 0.3) is 11.4 Å². The minimum Gasteiger partial charge on any atom is -0.489 e. The summed E-state index contributed by atoms with van der Waals surface area (Å²) in [4.78, 5) is 13.4. The number of carbonyl (C=O) groups is 1. The van der Waals surface area contributed by atoms with E-state index >= 15 is 0 Å². The van der Waals surface area contributed by atoms with Gasteiger partial charge in [-0.25, -0.2) is 5.43 Å². The number of nitrogens with zero attached hydrogens (tertiary/aromatic N) is 5. The van der Waals surface area contributed by atoms with Gasteiger partial charge in [0, 0.05) is 15.6 Å². The molecule has 0 spiro atoms. The van der Waals surface area contributed by atoms with Crippen molar-refractivity contribution >= 4 is 55.6 Å². The summed E-state index contributed by atoms with van der Waals surface area (Å²) in [5.41, 5.74) is 3.79. The lowest BCUT2D eigenvalue weighted by molar-refractivity contribution is -0.122. The van der Waals surface area contributed by atoms with E-state index in [0.717, 1.165) is 8.95 Å². The maximum Gasteiger partial charge on any atom is 0.263 e. The van der Waals surface area contributed by atoms with Crippen LogP contribution < -0.4 is 10.2 Å². The summed E-state index contributed by atoms with van der Waals surface area (Å²) in [5, 5.41) is 16.5. The van der Waals surface area contributed by atoms with E-state index in [1.807, 2.05) is 38.1 Å². The number of amides is 1. The monoisotopic (exact) mass is 554 g/mol. The number of hydrogen-bond acceptors (Lipinski definition) is 6. The van der Waals surface area contributed by atoms with Gasteiger partial charge in [0.25, 0.3) is 5.91 Å². The quantitative estimate of drug-likeness (QED) is 0.343. The molecule has 11 heteroatoms. The second-order valence-corrected chi connectivity index (χ2v) is 8.57. The molecule has 0 unspecified atom stereocenters. The van der Waals surface area contributed by atoms with Crippen molar-refractivity contribution in [2.24, 2.45) is 5.10 Å². The molecular weight excluding hydrogens is 540 g/mol. The first-order chi connectivity index (χ1) is 14.3. The Hall–Kier alpha value is -2.30. The van der Waals surface area contributed by atoms with Crippen molar-refractivity contribution < 1.29 is 9.53 Å². The molecule has 1 N–H and O–H groups in total. The van der Waals surface area contributed by atoms with Gasteiger partial charge in [0.15, 0.2) is 0 Å². The second-order valence-electron chi connectivity index (χ2n) is 6.39. The first kappa shape index (κ1) is 22.4. The number of hydrogen-bond donors (Lipinski definition) is 1. The fraction of sp³-hybridized carbons (Fsp3) is 0.211. The van der Waals surface area contributed by atoms with Crippen LogP contribution in [0.1, 0.15) is 19.4 Å². The van der Waals surface area contributed by atoms with Crippen LogP contribution in [0.15, 0.2) is 50.4 Å². The van der Waals surface area contributed by atoms with Crippen LogP contribution in [0.2, 0.25) is 5.02 Å². The van der Waals surface area contributed by atoms with Gasteiger partial charge in [-0.05, 0) is 59.3 Å². The Morgan fingerprint density at radius 1 is 1.33 bits per heavy atom. The van der Waals surface area contributed by atoms with Gasteiger partial charge in [0.05, 0.1) is 21.8 Å². The average Bonchev–Trinajstić information content (AvgIpc) is 3.12. The molecule has 0 atom stereocenters. The molecule has 0 radical (unpaired) electrons. The third kappa shape index (κ3) is 5.87. The van der Waals surface area contributed by atoms with Gasteiger partial charge in [0.1, 0.15) is 12.3 Å². The average molecular weight is 557 g/mol. The van der Waals surface area contributed by atoms with Crippen molar-refractivity contribution in [3.05, 3.63) is 55.9 Å². The standard InChI is InChI=1S/C19H17Br2ClN6O2/c1-11(2)30-18-12(7-13(20)8-15(18)21)9-23-24-17(29)10-28-26-19(25-27-28)14-5-3-4-6-16(14)22/h3-9,11H,10H2,1-2H3,(H,24,29)/b23-9-. The van der Waals surface area contributed by atoms with Gasteiger partial charge in [-0.3, -0.25) is 4.79 Å². The fourth-order valence-corrected chi connectivity index (χ4v) is 4.01. The lowest BCUT2D eigenvalue weighted by Gasteiger charge is -2.14. The summed E-state index contributed by atoms with van der Waals surface area (Å²) >= 11 is 13.0. The molecule has 0 fully saturated rings. The lowest BCUT2D eigenvalue weighted by Crippen LogP contribution is -2.24. The molecule has 1 amide bonds. The van der Waals surface area contributed by atoms with Crippen LogP contribution >= 0.6 is 43.5 Å². The third-order valence-corrected chi connectivity index (χ3v) is 5.01. The predicted molar refractivity (Wildman–Crippen MR) is 122 cm³/mol. The van der Waals surface area contributed by atoms with E-state index in [4.69, 9.17) is 16.3 Å². The fourth-order valence-electron chi connectivity index (χ4n) is 2.43. The molecule has 2 aromatic carbocycles. The summed E-state index contributed by atoms with van der Waals surface area (Å²) in [6.45, 7) is 3.71. The Morgan fingerprint density at radius 2 is 2.10 bits per heavy atom. The van der Waals surface area contributed by atoms with Crippen LogP contribution in [-0.4, -0.2) is 38.4 Å². The van der Waals surface area contributed by atoms with Crippen molar-refractivity contribution in [2.45, 2.75) is 26.5 Å². The Bertz CT molecular complexity index is 1090. The lowest BCUT2D eigenvalue weighted by atomic mass is 10.2. The van der Waals surface area contributed by atoms with Crippen molar-refractivity contribution in [1.29, 1.82) is 0 Å². The van der Waals surface area contributed by atoms with E-state index in [1.165, 1.54) is 11.0 Å². The van der Waals surface area contributed by atoms with Gasteiger partial charge in [-0.15, -0.1) is 10.2 Å². The molecule has 0 aliphatic carbocycles. The van der Waals surface area contributed by atoms with Gasteiger partial charge in [0.2, 0.25) is 5.82 Å². The third-order valence-electron chi connectivity index (χ3n) is 3.64. The molecule has 1 heterocycles. The van der Waals surface area contributed by atoms with E-state index in [2.05, 4.69) is 57.8 Å². The number of ether oxygens (including phenoxy) is 1. The summed E-state index contributed by atoms with van der Waals surface area (Å²) in [6, 6.07) is 10.9. The Kier molecular flexibility index (Phi) is 7.57. The van der Waals surface area contributed by atoms with Crippen LogP contribution in [0.4, 0.5) is 0 Å². The van der Waals surface area contributed by atoms with Crippen molar-refractivity contribution in [3.63, 3.8) is 0 Å². The normalized spacial score (nSPS) is 11.3. The number of tetrazole rings is 1. The highest BCUT2D eigenvalue weighted by atomic mass is 79.9. The van der Waals surface area contributed by atoms with Gasteiger partial charge in [-0.1, -0.05) is 39.7 Å². The number of rotatable bonds is 7. The minimum atomic E-state index is -0.408. The van der Waals surface area contributed by atoms with E-state index < -0.39 is 5.91 Å². The first-order valence-corrected chi connectivity index (χ1v) is 10.8. The zero-order valence-corrected chi connectivity index (χ0v) is 19.9. The molecular formula is C19H17Br2ClN6O2. The Morgan fingerprint density at radius 3 is 2.83 bits per heavy atom. The maximum atomic E-state index is 12.2. The van der Waals surface area contributed by atoms with Gasteiger partial charge >= 0.3 is 0 Å². The largest absolute Gasteiger partial charge is 0.489 e. The molecule has 30 heavy (non-hydrogen) atoms. The van der Waals surface area contributed by atoms with Crippen LogP contribution in [0.3, 0.4) is 0 Å². The van der Waals surface area contributed by atoms with Crippen molar-refractivity contribution in [3.8, 4) is 17.1 Å². The zero-order valence-electron chi connectivity index (χ0n) is 16.0. The maximum absolute atomic E-state index is 12.2. The number of halogens is 3. The van der Waals surface area contributed by atoms with E-state index in [-0.39, 0.29) is 12.6 Å². The molecule has 0 aliphatic heterocycles. The molecule has 1 aromatic heterocycles. The van der Waals surface area contributed by atoms with E-state index in [1.54, 1.807) is 12.1 Å². The van der Waals surface area contributed by atoms with Crippen molar-refractivity contribution in [2.75, 3.05) is 0 Å². The second kappa shape index (κ2) is 10.1. The van der Waals surface area contributed by atoms with Gasteiger partial charge in [-0.2, -0.15) is 9.90 Å². The summed E-state index contributed by atoms with van der Waals surface area (Å²) < 4.78 is 7.44. The number of hydrazone groups is 1. The summed E-state index contributed by atoms with van der Waals surface area (Å²) in [7, 11) is 0. The van der Waals surface area contributed by atoms with E-state index in [9.17, 15) is 4.79 Å². The van der Waals surface area contributed by atoms with Crippen molar-refractivity contribution in [1.82, 2.24) is 25.6 Å². The molecule has 8 nitrogen and oxygen atoms in total. The van der Waals surface area contributed by atoms with Crippen LogP contribution in [0.5, 0.6) is 5.75 Å². The summed E-state index contributed by atoms with van der Waals surface area (Å²) in [5.74, 6) is 0.564. The smallest absolute Gasteiger partial charge is 0.263 e. The Labute approximate surface area is 194 Å². The highest BCUT2D eigenvalue weighted by Crippen LogP contribution is 2.32. The predicted octanol–water partition coefficient (Wildman–Crippen LogP) is 4.46. The molecule has 3 rings (SSSR count). The molecule has 0 saturated heterocycles. The molecule has 3 aromatic rings. The Balaban J connectivity index is 1.66. The zero-order chi connectivity index (χ0) is 21.7. The van der Waals surface area contributed by atoms with E-state index in [0.29, 0.717) is 27.7 Å². The molecule has 0 bridgehead atoms. The highest BCUT2D eigenvalue weighted by molar-refractivity contribution is 9.11. The summed E-state index contributed by atoms with van der Waals surface area (Å²) in [6.07, 6.45) is 1.49. The molecule has 0 saturated carbocycles.